The number of carbonyl (C=O) groups is 1. The first-order valence-electron chi connectivity index (χ1n) is 7.31. The van der Waals surface area contributed by atoms with Crippen molar-refractivity contribution in [2.75, 3.05) is 6.54 Å². The largest absolute Gasteiger partial charge is 0.350 e. The number of amides is 1. The van der Waals surface area contributed by atoms with E-state index in [1.165, 1.54) is 12.8 Å². The average molecular weight is 256 g/mol. The summed E-state index contributed by atoms with van der Waals surface area (Å²) in [6.07, 6.45) is 4.58. The van der Waals surface area contributed by atoms with Crippen LogP contribution in [0.4, 0.5) is 0 Å². The standard InChI is InChI=1S/C15H32N2O/c1-7-15(5,6)17-14(18)11-16-13(4)10-8-9-12(2)3/h12-13,16H,7-11H2,1-6H3,(H,17,18). The summed E-state index contributed by atoms with van der Waals surface area (Å²) < 4.78 is 0. The molecule has 0 aliphatic carbocycles. The molecule has 0 aliphatic rings. The van der Waals surface area contributed by atoms with Gasteiger partial charge in [-0.05, 0) is 39.5 Å². The van der Waals surface area contributed by atoms with Crippen molar-refractivity contribution in [2.24, 2.45) is 5.92 Å². The van der Waals surface area contributed by atoms with Gasteiger partial charge in [0.05, 0.1) is 6.54 Å². The molecule has 0 bridgehead atoms. The number of hydrogen-bond acceptors (Lipinski definition) is 2. The monoisotopic (exact) mass is 256 g/mol. The molecule has 0 aliphatic heterocycles. The van der Waals surface area contributed by atoms with Gasteiger partial charge in [-0.1, -0.05) is 33.6 Å². The van der Waals surface area contributed by atoms with Crippen LogP contribution in [-0.2, 0) is 4.79 Å². The van der Waals surface area contributed by atoms with Crippen LogP contribution in [0.3, 0.4) is 0 Å². The molecular weight excluding hydrogens is 224 g/mol. The van der Waals surface area contributed by atoms with E-state index in [4.69, 9.17) is 0 Å². The Hall–Kier alpha value is -0.570. The van der Waals surface area contributed by atoms with Gasteiger partial charge in [0, 0.05) is 11.6 Å². The number of nitrogens with one attached hydrogen (secondary N) is 2. The van der Waals surface area contributed by atoms with E-state index >= 15 is 0 Å². The highest BCUT2D eigenvalue weighted by Gasteiger charge is 2.17. The topological polar surface area (TPSA) is 41.1 Å². The van der Waals surface area contributed by atoms with Gasteiger partial charge >= 0.3 is 0 Å². The lowest BCUT2D eigenvalue weighted by molar-refractivity contribution is -0.122. The van der Waals surface area contributed by atoms with Crippen LogP contribution in [0.2, 0.25) is 0 Å². The maximum atomic E-state index is 11.7. The number of rotatable bonds is 9. The predicted octanol–water partition coefficient (Wildman–Crippen LogP) is 3.10. The first-order valence-corrected chi connectivity index (χ1v) is 7.31. The van der Waals surface area contributed by atoms with Crippen LogP contribution < -0.4 is 10.6 Å². The molecule has 18 heavy (non-hydrogen) atoms. The maximum Gasteiger partial charge on any atom is 0.234 e. The van der Waals surface area contributed by atoms with E-state index < -0.39 is 0 Å². The number of carbonyl (C=O) groups excluding carboxylic acids is 1. The van der Waals surface area contributed by atoms with Crippen LogP contribution in [0.1, 0.15) is 67.2 Å². The zero-order chi connectivity index (χ0) is 14.2. The van der Waals surface area contributed by atoms with Crippen molar-refractivity contribution in [2.45, 2.75) is 78.8 Å². The molecule has 0 fully saturated rings. The van der Waals surface area contributed by atoms with Gasteiger partial charge in [0.2, 0.25) is 5.91 Å². The maximum absolute atomic E-state index is 11.7. The highest BCUT2D eigenvalue weighted by atomic mass is 16.2. The Morgan fingerprint density at radius 1 is 1.17 bits per heavy atom. The fourth-order valence-electron chi connectivity index (χ4n) is 1.71. The lowest BCUT2D eigenvalue weighted by Crippen LogP contribution is -2.47. The molecule has 0 spiro atoms. The van der Waals surface area contributed by atoms with Crippen molar-refractivity contribution in [3.8, 4) is 0 Å². The van der Waals surface area contributed by atoms with E-state index in [1.807, 2.05) is 0 Å². The van der Waals surface area contributed by atoms with Gasteiger partial charge in [-0.2, -0.15) is 0 Å². The van der Waals surface area contributed by atoms with Crippen LogP contribution >= 0.6 is 0 Å². The first kappa shape index (κ1) is 17.4. The van der Waals surface area contributed by atoms with E-state index in [1.54, 1.807) is 0 Å². The molecule has 108 valence electrons. The van der Waals surface area contributed by atoms with Gasteiger partial charge in [0.25, 0.3) is 0 Å². The molecule has 0 rings (SSSR count). The Morgan fingerprint density at radius 3 is 2.28 bits per heavy atom. The zero-order valence-corrected chi connectivity index (χ0v) is 13.1. The van der Waals surface area contributed by atoms with Gasteiger partial charge in [-0.3, -0.25) is 4.79 Å². The fourth-order valence-corrected chi connectivity index (χ4v) is 1.71. The quantitative estimate of drug-likeness (QED) is 0.665. The van der Waals surface area contributed by atoms with Crippen LogP contribution in [0, 0.1) is 5.92 Å². The third-order valence-electron chi connectivity index (χ3n) is 3.39. The molecule has 1 amide bonds. The second-order valence-electron chi connectivity index (χ2n) is 6.39. The van der Waals surface area contributed by atoms with Crippen LogP contribution in [0.5, 0.6) is 0 Å². The Labute approximate surface area is 113 Å². The van der Waals surface area contributed by atoms with Gasteiger partial charge in [-0.25, -0.2) is 0 Å². The van der Waals surface area contributed by atoms with Gasteiger partial charge in [-0.15, -0.1) is 0 Å². The molecular formula is C15H32N2O. The summed E-state index contributed by atoms with van der Waals surface area (Å²) in [6.45, 7) is 13.3. The summed E-state index contributed by atoms with van der Waals surface area (Å²) in [5.74, 6) is 0.864. The summed E-state index contributed by atoms with van der Waals surface area (Å²) in [5.41, 5.74) is -0.0976. The van der Waals surface area contributed by atoms with Crippen molar-refractivity contribution < 1.29 is 4.79 Å². The lowest BCUT2D eigenvalue weighted by atomic mass is 10.0. The Balaban J connectivity index is 3.72. The molecule has 0 aromatic heterocycles. The van der Waals surface area contributed by atoms with Crippen LogP contribution in [0.15, 0.2) is 0 Å². The second kappa shape index (κ2) is 8.52. The molecule has 2 N–H and O–H groups in total. The molecule has 1 unspecified atom stereocenters. The normalized spacial score (nSPS) is 13.7. The minimum absolute atomic E-state index is 0.0950. The van der Waals surface area contributed by atoms with Gasteiger partial charge in [0.1, 0.15) is 0 Å². The molecule has 1 atom stereocenters. The average Bonchev–Trinajstić information content (AvgIpc) is 2.25. The summed E-state index contributed by atoms with van der Waals surface area (Å²) >= 11 is 0. The van der Waals surface area contributed by atoms with Crippen LogP contribution in [0.25, 0.3) is 0 Å². The van der Waals surface area contributed by atoms with E-state index in [9.17, 15) is 4.79 Å². The molecule has 0 heterocycles. The third kappa shape index (κ3) is 9.46. The van der Waals surface area contributed by atoms with E-state index in [2.05, 4.69) is 52.2 Å². The first-order chi connectivity index (χ1) is 8.26. The van der Waals surface area contributed by atoms with Crippen molar-refractivity contribution in [3.63, 3.8) is 0 Å². The predicted molar refractivity (Wildman–Crippen MR) is 78.7 cm³/mol. The van der Waals surface area contributed by atoms with Crippen LogP contribution in [-0.4, -0.2) is 24.0 Å². The van der Waals surface area contributed by atoms with Crippen molar-refractivity contribution in [1.29, 1.82) is 0 Å². The summed E-state index contributed by atoms with van der Waals surface area (Å²) in [6, 6.07) is 0.416. The fraction of sp³-hybridized carbons (Fsp3) is 0.933. The van der Waals surface area contributed by atoms with E-state index in [0.29, 0.717) is 12.6 Å². The molecule has 0 saturated carbocycles. The second-order valence-corrected chi connectivity index (χ2v) is 6.39. The van der Waals surface area contributed by atoms with Crippen molar-refractivity contribution in [1.82, 2.24) is 10.6 Å². The summed E-state index contributed by atoms with van der Waals surface area (Å²) in [4.78, 5) is 11.7. The molecule has 0 saturated heterocycles. The van der Waals surface area contributed by atoms with E-state index in [-0.39, 0.29) is 11.4 Å². The smallest absolute Gasteiger partial charge is 0.234 e. The van der Waals surface area contributed by atoms with Gasteiger partial charge in [0.15, 0.2) is 0 Å². The Bertz CT molecular complexity index is 237. The van der Waals surface area contributed by atoms with Crippen molar-refractivity contribution >= 4 is 5.91 Å². The summed E-state index contributed by atoms with van der Waals surface area (Å²) in [5, 5.41) is 6.32. The summed E-state index contributed by atoms with van der Waals surface area (Å²) in [7, 11) is 0. The minimum atomic E-state index is -0.0976. The molecule has 0 radical (unpaired) electrons. The Morgan fingerprint density at radius 2 is 1.78 bits per heavy atom. The Kier molecular flexibility index (Phi) is 8.25. The number of hydrogen-bond donors (Lipinski definition) is 2. The molecule has 0 aromatic carbocycles. The van der Waals surface area contributed by atoms with Gasteiger partial charge < -0.3 is 10.6 Å². The minimum Gasteiger partial charge on any atom is -0.350 e. The molecule has 0 aromatic rings. The molecule has 3 nitrogen and oxygen atoms in total. The third-order valence-corrected chi connectivity index (χ3v) is 3.39. The highest BCUT2D eigenvalue weighted by Crippen LogP contribution is 2.08. The SMILES string of the molecule is CCC(C)(C)NC(=O)CNC(C)CCCC(C)C. The highest BCUT2D eigenvalue weighted by molar-refractivity contribution is 5.78. The zero-order valence-electron chi connectivity index (χ0n) is 13.1. The molecule has 3 heteroatoms. The van der Waals surface area contributed by atoms with E-state index in [0.717, 1.165) is 18.8 Å². The van der Waals surface area contributed by atoms with Crippen molar-refractivity contribution in [3.05, 3.63) is 0 Å². The lowest BCUT2D eigenvalue weighted by Gasteiger charge is -2.25.